The minimum Gasteiger partial charge on any atom is -0.480 e. The van der Waals surface area contributed by atoms with Crippen molar-refractivity contribution in [2.45, 2.75) is 43.0 Å². The third kappa shape index (κ3) is 8.14. The van der Waals surface area contributed by atoms with Crippen LogP contribution in [-0.2, 0) is 24.4 Å². The van der Waals surface area contributed by atoms with Crippen LogP contribution in [0.15, 0.2) is 41.3 Å². The van der Waals surface area contributed by atoms with E-state index < -0.39 is 34.5 Å². The third-order valence-electron chi connectivity index (χ3n) is 6.64. The van der Waals surface area contributed by atoms with E-state index in [0.717, 1.165) is 38.0 Å². The van der Waals surface area contributed by atoms with Gasteiger partial charge in [-0.3, -0.25) is 14.4 Å². The molecule has 1 atom stereocenters. The van der Waals surface area contributed by atoms with Gasteiger partial charge in [-0.05, 0) is 50.4 Å². The van der Waals surface area contributed by atoms with Crippen LogP contribution in [0.4, 0.5) is 5.69 Å². The summed E-state index contributed by atoms with van der Waals surface area (Å²) in [6.45, 7) is 1.62. The van der Waals surface area contributed by atoms with Gasteiger partial charge in [-0.1, -0.05) is 24.3 Å². The standard InChI is InChI=1S/C26H37N5O6S/c1-31(2)22-7-3-6-20-19(22)5-4-8-23(20)38(36,37)30-21(26(34)35)17-29-25(33)13-16-28-24(32)10-9-18-11-14-27-15-12-18/h3-8,18,21,27,30H,9-17H2,1-2H3,(H,28,32)(H,29,33)(H,34,35)/t21-/m0/s1. The average Bonchev–Trinajstić information content (AvgIpc) is 2.89. The Bertz CT molecular complexity index is 1240. The SMILES string of the molecule is CN(C)c1cccc2c(S(=O)(=O)N[C@@H](CNC(=O)CCNC(=O)CCC3CCNCC3)C(=O)O)cccc12. The Balaban J connectivity index is 1.52. The molecule has 2 aromatic carbocycles. The van der Waals surface area contributed by atoms with Gasteiger partial charge in [0.25, 0.3) is 0 Å². The van der Waals surface area contributed by atoms with Gasteiger partial charge in [-0.2, -0.15) is 4.72 Å². The van der Waals surface area contributed by atoms with E-state index in [4.69, 9.17) is 0 Å². The molecule has 12 heteroatoms. The lowest BCUT2D eigenvalue weighted by atomic mass is 9.93. The summed E-state index contributed by atoms with van der Waals surface area (Å²) < 4.78 is 28.5. The molecule has 1 heterocycles. The van der Waals surface area contributed by atoms with Crippen molar-refractivity contribution in [3.63, 3.8) is 0 Å². The molecule has 2 amide bonds. The molecule has 2 aromatic rings. The van der Waals surface area contributed by atoms with Gasteiger partial charge in [0.05, 0.1) is 4.90 Å². The van der Waals surface area contributed by atoms with Crippen LogP contribution >= 0.6 is 0 Å². The van der Waals surface area contributed by atoms with E-state index in [2.05, 4.69) is 20.7 Å². The first kappa shape index (κ1) is 29.3. The summed E-state index contributed by atoms with van der Waals surface area (Å²) in [4.78, 5) is 37.9. The smallest absolute Gasteiger partial charge is 0.323 e. The second-order valence-electron chi connectivity index (χ2n) is 9.67. The van der Waals surface area contributed by atoms with Crippen molar-refractivity contribution in [1.82, 2.24) is 20.7 Å². The van der Waals surface area contributed by atoms with Gasteiger partial charge < -0.3 is 26.0 Å². The molecular formula is C26H37N5O6S. The fraction of sp³-hybridized carbons (Fsp3) is 0.500. The zero-order valence-electron chi connectivity index (χ0n) is 21.8. The number of carbonyl (C=O) groups is 3. The zero-order valence-corrected chi connectivity index (χ0v) is 22.6. The van der Waals surface area contributed by atoms with E-state index in [1.165, 1.54) is 6.07 Å². The molecule has 38 heavy (non-hydrogen) atoms. The highest BCUT2D eigenvalue weighted by Crippen LogP contribution is 2.30. The molecule has 0 spiro atoms. The van der Waals surface area contributed by atoms with Crippen LogP contribution in [0.25, 0.3) is 10.8 Å². The molecule has 0 aromatic heterocycles. The molecule has 0 saturated carbocycles. The molecule has 1 fully saturated rings. The van der Waals surface area contributed by atoms with Crippen LogP contribution in [0.5, 0.6) is 0 Å². The van der Waals surface area contributed by atoms with Crippen LogP contribution in [0.1, 0.15) is 32.1 Å². The molecule has 5 N–H and O–H groups in total. The number of hydrogen-bond donors (Lipinski definition) is 5. The lowest BCUT2D eigenvalue weighted by Gasteiger charge is -2.22. The van der Waals surface area contributed by atoms with Gasteiger partial charge >= 0.3 is 5.97 Å². The maximum Gasteiger partial charge on any atom is 0.323 e. The number of carboxylic acids is 1. The van der Waals surface area contributed by atoms with Crippen molar-refractivity contribution in [3.05, 3.63) is 36.4 Å². The van der Waals surface area contributed by atoms with Crippen molar-refractivity contribution in [2.24, 2.45) is 5.92 Å². The van der Waals surface area contributed by atoms with Gasteiger partial charge in [-0.15, -0.1) is 0 Å². The summed E-state index contributed by atoms with van der Waals surface area (Å²) in [5, 5.41) is 19.2. The predicted octanol–water partition coefficient (Wildman–Crippen LogP) is 1.04. The number of aliphatic carboxylic acids is 1. The number of fused-ring (bicyclic) bond motifs is 1. The molecule has 208 valence electrons. The number of rotatable bonds is 13. The highest BCUT2D eigenvalue weighted by atomic mass is 32.2. The van der Waals surface area contributed by atoms with Gasteiger partial charge in [0, 0.05) is 56.5 Å². The number of piperidine rings is 1. The van der Waals surface area contributed by atoms with Gasteiger partial charge in [0.15, 0.2) is 0 Å². The number of nitrogens with one attached hydrogen (secondary N) is 4. The Morgan fingerprint density at radius 2 is 1.66 bits per heavy atom. The van der Waals surface area contributed by atoms with E-state index in [1.807, 2.05) is 25.1 Å². The lowest BCUT2D eigenvalue weighted by Crippen LogP contribution is -2.48. The predicted molar refractivity (Wildman–Crippen MR) is 145 cm³/mol. The summed E-state index contributed by atoms with van der Waals surface area (Å²) >= 11 is 0. The Labute approximate surface area is 223 Å². The number of hydrogen-bond acceptors (Lipinski definition) is 7. The van der Waals surface area contributed by atoms with Crippen molar-refractivity contribution in [3.8, 4) is 0 Å². The van der Waals surface area contributed by atoms with Crippen LogP contribution < -0.4 is 25.6 Å². The Morgan fingerprint density at radius 3 is 2.34 bits per heavy atom. The number of amides is 2. The summed E-state index contributed by atoms with van der Waals surface area (Å²) in [5.74, 6) is -1.50. The number of carboxylic acid groups (broad SMARTS) is 1. The Hall–Kier alpha value is -3.22. The van der Waals surface area contributed by atoms with Gasteiger partial charge in [0.2, 0.25) is 21.8 Å². The highest BCUT2D eigenvalue weighted by Gasteiger charge is 2.27. The van der Waals surface area contributed by atoms with Crippen LogP contribution in [0.3, 0.4) is 0 Å². The molecular weight excluding hydrogens is 510 g/mol. The minimum atomic E-state index is -4.23. The second kappa shape index (κ2) is 13.5. The minimum absolute atomic E-state index is 0.0468. The van der Waals surface area contributed by atoms with E-state index in [9.17, 15) is 27.9 Å². The number of benzene rings is 2. The van der Waals surface area contributed by atoms with E-state index >= 15 is 0 Å². The first-order valence-electron chi connectivity index (χ1n) is 12.8. The molecule has 1 aliphatic heterocycles. The molecule has 1 saturated heterocycles. The van der Waals surface area contributed by atoms with Crippen molar-refractivity contribution in [1.29, 1.82) is 0 Å². The quantitative estimate of drug-likeness (QED) is 0.249. The van der Waals surface area contributed by atoms with Gasteiger partial charge in [0.1, 0.15) is 6.04 Å². The number of carbonyl (C=O) groups excluding carboxylic acids is 2. The third-order valence-corrected chi connectivity index (χ3v) is 8.17. The van der Waals surface area contributed by atoms with Crippen LogP contribution in [0.2, 0.25) is 0 Å². The zero-order chi connectivity index (χ0) is 27.7. The Kier molecular flexibility index (Phi) is 10.5. The topological polar surface area (TPSA) is 157 Å². The molecule has 0 radical (unpaired) electrons. The second-order valence-corrected chi connectivity index (χ2v) is 11.4. The van der Waals surface area contributed by atoms with E-state index in [1.54, 1.807) is 24.3 Å². The van der Waals surface area contributed by atoms with Crippen LogP contribution in [-0.4, -0.2) is 77.6 Å². The molecule has 0 aliphatic carbocycles. The van der Waals surface area contributed by atoms with Crippen LogP contribution in [0, 0.1) is 5.92 Å². The van der Waals surface area contributed by atoms with E-state index in [-0.39, 0.29) is 23.8 Å². The Morgan fingerprint density at radius 1 is 1.00 bits per heavy atom. The maximum atomic E-state index is 13.2. The molecule has 11 nitrogen and oxygen atoms in total. The normalized spacial score (nSPS) is 15.1. The maximum absolute atomic E-state index is 13.2. The lowest BCUT2D eigenvalue weighted by molar-refractivity contribution is -0.138. The van der Waals surface area contributed by atoms with Crippen molar-refractivity contribution in [2.75, 3.05) is 45.2 Å². The first-order valence-corrected chi connectivity index (χ1v) is 14.2. The fourth-order valence-corrected chi connectivity index (χ4v) is 5.94. The monoisotopic (exact) mass is 547 g/mol. The first-order chi connectivity index (χ1) is 18.1. The summed E-state index contributed by atoms with van der Waals surface area (Å²) in [7, 11) is -0.536. The largest absolute Gasteiger partial charge is 0.480 e. The number of anilines is 1. The average molecular weight is 548 g/mol. The summed E-state index contributed by atoms with van der Waals surface area (Å²) in [5.41, 5.74) is 0.819. The highest BCUT2D eigenvalue weighted by molar-refractivity contribution is 7.89. The summed E-state index contributed by atoms with van der Waals surface area (Å²) in [6, 6.07) is 8.49. The van der Waals surface area contributed by atoms with Crippen molar-refractivity contribution >= 4 is 44.3 Å². The van der Waals surface area contributed by atoms with Crippen molar-refractivity contribution < 1.29 is 27.9 Å². The summed E-state index contributed by atoms with van der Waals surface area (Å²) in [6.07, 6.45) is 3.28. The molecule has 0 unspecified atom stereocenters. The molecule has 0 bridgehead atoms. The van der Waals surface area contributed by atoms with Gasteiger partial charge in [-0.25, -0.2) is 8.42 Å². The number of nitrogens with zero attached hydrogens (tertiary/aromatic N) is 1. The number of sulfonamides is 1. The van der Waals surface area contributed by atoms with E-state index in [0.29, 0.717) is 23.1 Å². The molecule has 1 aliphatic rings. The fourth-order valence-electron chi connectivity index (χ4n) is 4.53. The molecule has 3 rings (SSSR count).